The lowest BCUT2D eigenvalue weighted by atomic mass is 10.1. The second-order valence-corrected chi connectivity index (χ2v) is 4.39. The number of carbonyl (C=O) groups excluding carboxylic acids is 1. The van der Waals surface area contributed by atoms with E-state index < -0.39 is 5.97 Å². The Morgan fingerprint density at radius 1 is 1.14 bits per heavy atom. The Hall–Kier alpha value is -2.70. The molecule has 118 valence electrons. The zero-order chi connectivity index (χ0) is 16.1. The molecule has 0 fully saturated rings. The molecule has 1 aromatic heterocycles. The molecule has 0 unspecified atom stereocenters. The first-order valence-electron chi connectivity index (χ1n) is 6.49. The van der Waals surface area contributed by atoms with E-state index in [0.29, 0.717) is 17.3 Å². The van der Waals surface area contributed by atoms with Crippen LogP contribution in [0.4, 0.5) is 0 Å². The van der Waals surface area contributed by atoms with Gasteiger partial charge in [-0.25, -0.2) is 4.79 Å². The van der Waals surface area contributed by atoms with E-state index in [0.717, 1.165) is 5.69 Å². The van der Waals surface area contributed by atoms with Crippen LogP contribution >= 0.6 is 0 Å². The molecule has 0 aliphatic heterocycles. The second-order valence-electron chi connectivity index (χ2n) is 4.39. The predicted molar refractivity (Wildman–Crippen MR) is 76.5 cm³/mol. The van der Waals surface area contributed by atoms with Crippen molar-refractivity contribution in [3.8, 4) is 17.2 Å². The molecule has 0 saturated carbocycles. The van der Waals surface area contributed by atoms with Crippen molar-refractivity contribution in [2.45, 2.75) is 13.5 Å². The minimum Gasteiger partial charge on any atom is -0.493 e. The van der Waals surface area contributed by atoms with Crippen LogP contribution in [0.2, 0.25) is 0 Å². The molecule has 0 spiro atoms. The van der Waals surface area contributed by atoms with Gasteiger partial charge in [0.1, 0.15) is 5.56 Å². The summed E-state index contributed by atoms with van der Waals surface area (Å²) in [4.78, 5) is 12.2. The average Bonchev–Trinajstić information content (AvgIpc) is 2.96. The number of aryl methyl sites for hydroxylation is 1. The van der Waals surface area contributed by atoms with E-state index in [1.54, 1.807) is 25.1 Å². The lowest BCUT2D eigenvalue weighted by Gasteiger charge is -2.14. The topological polar surface area (TPSA) is 80.0 Å². The highest BCUT2D eigenvalue weighted by atomic mass is 16.6. The summed E-state index contributed by atoms with van der Waals surface area (Å²) in [6.07, 6.45) is 0. The zero-order valence-corrected chi connectivity index (χ0v) is 12.8. The monoisotopic (exact) mass is 307 g/mol. The fourth-order valence-electron chi connectivity index (χ4n) is 1.96. The van der Waals surface area contributed by atoms with Crippen molar-refractivity contribution in [1.29, 1.82) is 0 Å². The summed E-state index contributed by atoms with van der Waals surface area (Å²) in [5.41, 5.74) is 0.950. The Kier molecular flexibility index (Phi) is 4.88. The summed E-state index contributed by atoms with van der Waals surface area (Å²) in [5.74, 6) is 0.939. The average molecular weight is 307 g/mol. The highest BCUT2D eigenvalue weighted by Gasteiger charge is 2.22. The van der Waals surface area contributed by atoms with Gasteiger partial charge in [-0.05, 0) is 19.1 Å². The normalized spacial score (nSPS) is 10.2. The predicted octanol–water partition coefficient (Wildman–Crippen LogP) is 2.37. The van der Waals surface area contributed by atoms with E-state index >= 15 is 0 Å². The lowest BCUT2D eigenvalue weighted by Crippen LogP contribution is -2.08. The molecule has 0 radical (unpaired) electrons. The summed E-state index contributed by atoms with van der Waals surface area (Å²) in [6.45, 7) is 1.77. The van der Waals surface area contributed by atoms with Crippen LogP contribution in [-0.2, 0) is 11.3 Å². The Morgan fingerprint density at radius 3 is 2.41 bits per heavy atom. The van der Waals surface area contributed by atoms with Gasteiger partial charge in [-0.3, -0.25) is 0 Å². The Morgan fingerprint density at radius 2 is 1.86 bits per heavy atom. The molecule has 7 heteroatoms. The number of carbonyl (C=O) groups is 1. The third-order valence-corrected chi connectivity index (χ3v) is 2.95. The summed E-state index contributed by atoms with van der Waals surface area (Å²) in [7, 11) is 4.40. The third kappa shape index (κ3) is 3.13. The summed E-state index contributed by atoms with van der Waals surface area (Å²) in [6, 6.07) is 4.85. The highest BCUT2D eigenvalue weighted by molar-refractivity contribution is 5.94. The molecular formula is C15H17NO6. The molecule has 0 aliphatic carbocycles. The summed E-state index contributed by atoms with van der Waals surface area (Å²) >= 11 is 0. The maximum Gasteiger partial charge on any atom is 0.342 e. The van der Waals surface area contributed by atoms with Gasteiger partial charge in [-0.1, -0.05) is 5.16 Å². The van der Waals surface area contributed by atoms with Gasteiger partial charge < -0.3 is 23.5 Å². The quantitative estimate of drug-likeness (QED) is 0.758. The smallest absolute Gasteiger partial charge is 0.342 e. The van der Waals surface area contributed by atoms with Gasteiger partial charge in [0, 0.05) is 6.07 Å². The number of benzene rings is 1. The summed E-state index contributed by atoms with van der Waals surface area (Å²) in [5, 5.41) is 3.72. The Balaban J connectivity index is 2.21. The van der Waals surface area contributed by atoms with Crippen molar-refractivity contribution in [1.82, 2.24) is 5.16 Å². The van der Waals surface area contributed by atoms with Crippen molar-refractivity contribution < 1.29 is 28.3 Å². The van der Waals surface area contributed by atoms with Gasteiger partial charge >= 0.3 is 5.97 Å². The number of esters is 1. The van der Waals surface area contributed by atoms with Crippen molar-refractivity contribution in [2.75, 3.05) is 21.3 Å². The maximum atomic E-state index is 12.2. The number of aromatic nitrogens is 1. The molecule has 0 atom stereocenters. The fraction of sp³-hybridized carbons (Fsp3) is 0.333. The molecule has 22 heavy (non-hydrogen) atoms. The highest BCUT2D eigenvalue weighted by Crippen LogP contribution is 2.40. The van der Waals surface area contributed by atoms with Crippen LogP contribution in [0.5, 0.6) is 17.2 Å². The van der Waals surface area contributed by atoms with E-state index in [1.165, 1.54) is 21.3 Å². The van der Waals surface area contributed by atoms with Crippen molar-refractivity contribution in [2.24, 2.45) is 0 Å². The molecule has 7 nitrogen and oxygen atoms in total. The molecular weight excluding hydrogens is 290 g/mol. The van der Waals surface area contributed by atoms with Crippen LogP contribution in [0.3, 0.4) is 0 Å². The number of ether oxygens (including phenoxy) is 4. The van der Waals surface area contributed by atoms with E-state index in [1.807, 2.05) is 0 Å². The van der Waals surface area contributed by atoms with Gasteiger partial charge in [-0.2, -0.15) is 0 Å². The first kappa shape index (κ1) is 15.7. The molecule has 0 amide bonds. The first-order chi connectivity index (χ1) is 10.6. The molecule has 0 N–H and O–H groups in total. The van der Waals surface area contributed by atoms with Crippen LogP contribution in [0.1, 0.15) is 21.8 Å². The van der Waals surface area contributed by atoms with Crippen molar-refractivity contribution in [3.63, 3.8) is 0 Å². The largest absolute Gasteiger partial charge is 0.493 e. The molecule has 0 aliphatic rings. The zero-order valence-electron chi connectivity index (χ0n) is 12.8. The van der Waals surface area contributed by atoms with Crippen LogP contribution in [0, 0.1) is 6.92 Å². The van der Waals surface area contributed by atoms with Crippen LogP contribution < -0.4 is 14.2 Å². The standard InChI is InChI=1S/C15H17NO6/c1-9-7-10(22-16-9)8-21-15(17)11-5-6-12(18-2)14(20-4)13(11)19-3/h5-7H,8H2,1-4H3. The lowest BCUT2D eigenvalue weighted by molar-refractivity contribution is 0.0433. The van der Waals surface area contributed by atoms with Crippen LogP contribution in [-0.4, -0.2) is 32.5 Å². The van der Waals surface area contributed by atoms with Crippen LogP contribution in [0.25, 0.3) is 0 Å². The van der Waals surface area contributed by atoms with Gasteiger partial charge in [-0.15, -0.1) is 0 Å². The van der Waals surface area contributed by atoms with E-state index in [9.17, 15) is 4.79 Å². The maximum absolute atomic E-state index is 12.2. The van der Waals surface area contributed by atoms with Gasteiger partial charge in [0.25, 0.3) is 0 Å². The van der Waals surface area contributed by atoms with Gasteiger partial charge in [0.05, 0.1) is 27.0 Å². The molecule has 1 aromatic carbocycles. The SMILES string of the molecule is COc1ccc(C(=O)OCc2cc(C)no2)c(OC)c1OC. The van der Waals surface area contributed by atoms with Crippen molar-refractivity contribution >= 4 is 5.97 Å². The van der Waals surface area contributed by atoms with Gasteiger partial charge in [0.2, 0.25) is 5.75 Å². The van der Waals surface area contributed by atoms with E-state index in [4.69, 9.17) is 23.5 Å². The van der Waals surface area contributed by atoms with Crippen LogP contribution in [0.15, 0.2) is 22.7 Å². The number of hydrogen-bond donors (Lipinski definition) is 0. The number of hydrogen-bond acceptors (Lipinski definition) is 7. The summed E-state index contributed by atoms with van der Waals surface area (Å²) < 4.78 is 25.8. The van der Waals surface area contributed by atoms with Crippen molar-refractivity contribution in [3.05, 3.63) is 35.2 Å². The minimum absolute atomic E-state index is 0.0167. The van der Waals surface area contributed by atoms with E-state index in [-0.39, 0.29) is 17.9 Å². The molecule has 1 heterocycles. The third-order valence-electron chi connectivity index (χ3n) is 2.95. The second kappa shape index (κ2) is 6.84. The fourth-order valence-corrected chi connectivity index (χ4v) is 1.96. The molecule has 0 bridgehead atoms. The molecule has 0 saturated heterocycles. The van der Waals surface area contributed by atoms with E-state index in [2.05, 4.69) is 5.16 Å². The number of methoxy groups -OCH3 is 3. The minimum atomic E-state index is -0.563. The molecule has 2 rings (SSSR count). The number of rotatable bonds is 6. The Labute approximate surface area is 127 Å². The number of nitrogens with zero attached hydrogens (tertiary/aromatic N) is 1. The first-order valence-corrected chi connectivity index (χ1v) is 6.49. The Bertz CT molecular complexity index is 664. The van der Waals surface area contributed by atoms with Gasteiger partial charge in [0.15, 0.2) is 23.9 Å². The molecule has 2 aromatic rings.